The van der Waals surface area contributed by atoms with E-state index >= 15 is 0 Å². The van der Waals surface area contributed by atoms with Crippen LogP contribution in [-0.4, -0.2) is 55.5 Å². The molecular formula is C25H36N2O3. The molecular weight excluding hydrogens is 376 g/mol. The zero-order valence-electron chi connectivity index (χ0n) is 18.1. The number of aliphatic hydroxyl groups is 1. The first-order valence-corrected chi connectivity index (χ1v) is 11.2. The molecule has 0 unspecified atom stereocenters. The summed E-state index contributed by atoms with van der Waals surface area (Å²) in [6.07, 6.45) is 5.95. The SMILES string of the molecule is CN(C[C@@H](O)COc1ccccc1CNCCOc1ccccc1)C1CCCCC1. The van der Waals surface area contributed by atoms with Crippen molar-refractivity contribution in [2.45, 2.75) is 50.8 Å². The Labute approximate surface area is 181 Å². The van der Waals surface area contributed by atoms with Gasteiger partial charge in [-0.3, -0.25) is 0 Å². The third kappa shape index (κ3) is 7.63. The summed E-state index contributed by atoms with van der Waals surface area (Å²) in [5.74, 6) is 1.71. The maximum atomic E-state index is 10.5. The molecule has 2 N–H and O–H groups in total. The van der Waals surface area contributed by atoms with Gasteiger partial charge in [-0.1, -0.05) is 55.7 Å². The minimum Gasteiger partial charge on any atom is -0.492 e. The van der Waals surface area contributed by atoms with Gasteiger partial charge in [0.2, 0.25) is 0 Å². The number of nitrogens with zero attached hydrogens (tertiary/aromatic N) is 1. The normalized spacial score (nSPS) is 15.8. The Morgan fingerprint density at radius 2 is 1.73 bits per heavy atom. The maximum Gasteiger partial charge on any atom is 0.123 e. The van der Waals surface area contributed by atoms with Crippen LogP contribution in [0.1, 0.15) is 37.7 Å². The second kappa shape index (κ2) is 12.6. The van der Waals surface area contributed by atoms with Crippen LogP contribution in [0.4, 0.5) is 0 Å². The van der Waals surface area contributed by atoms with Gasteiger partial charge in [0, 0.05) is 31.2 Å². The highest BCUT2D eigenvalue weighted by molar-refractivity contribution is 5.33. The molecule has 3 rings (SSSR count). The first-order chi connectivity index (χ1) is 14.7. The highest BCUT2D eigenvalue weighted by Crippen LogP contribution is 2.22. The maximum absolute atomic E-state index is 10.5. The van der Waals surface area contributed by atoms with E-state index in [1.807, 2.05) is 48.5 Å². The fraction of sp³-hybridized carbons (Fsp3) is 0.520. The smallest absolute Gasteiger partial charge is 0.123 e. The molecule has 30 heavy (non-hydrogen) atoms. The fourth-order valence-corrected chi connectivity index (χ4v) is 4.01. The van der Waals surface area contributed by atoms with Crippen LogP contribution in [0, 0.1) is 0 Å². The van der Waals surface area contributed by atoms with Gasteiger partial charge in [0.1, 0.15) is 30.8 Å². The average Bonchev–Trinajstić information content (AvgIpc) is 2.79. The second-order valence-electron chi connectivity index (χ2n) is 8.14. The van der Waals surface area contributed by atoms with E-state index in [0.29, 0.717) is 32.3 Å². The molecule has 0 radical (unpaired) electrons. The molecule has 0 spiro atoms. The molecule has 1 saturated carbocycles. The quantitative estimate of drug-likeness (QED) is 0.519. The van der Waals surface area contributed by atoms with E-state index in [2.05, 4.69) is 23.3 Å². The molecule has 1 atom stereocenters. The zero-order valence-corrected chi connectivity index (χ0v) is 18.1. The van der Waals surface area contributed by atoms with E-state index in [-0.39, 0.29) is 0 Å². The van der Waals surface area contributed by atoms with Crippen molar-refractivity contribution < 1.29 is 14.6 Å². The van der Waals surface area contributed by atoms with Crippen molar-refractivity contribution in [3.05, 3.63) is 60.2 Å². The van der Waals surface area contributed by atoms with Crippen molar-refractivity contribution in [1.29, 1.82) is 0 Å². The fourth-order valence-electron chi connectivity index (χ4n) is 4.01. The summed E-state index contributed by atoms with van der Waals surface area (Å²) >= 11 is 0. The zero-order chi connectivity index (χ0) is 21.0. The van der Waals surface area contributed by atoms with Crippen LogP contribution >= 0.6 is 0 Å². The van der Waals surface area contributed by atoms with Crippen LogP contribution in [0.2, 0.25) is 0 Å². The Bertz CT molecular complexity index is 719. The summed E-state index contributed by atoms with van der Waals surface area (Å²) in [5, 5.41) is 13.9. The number of para-hydroxylation sites is 2. The van der Waals surface area contributed by atoms with Crippen LogP contribution in [0.15, 0.2) is 54.6 Å². The number of aliphatic hydroxyl groups excluding tert-OH is 1. The number of hydrogen-bond acceptors (Lipinski definition) is 5. The molecule has 1 aliphatic carbocycles. The van der Waals surface area contributed by atoms with E-state index < -0.39 is 6.10 Å². The van der Waals surface area contributed by atoms with Gasteiger partial charge in [-0.2, -0.15) is 0 Å². The topological polar surface area (TPSA) is 54.0 Å². The lowest BCUT2D eigenvalue weighted by molar-refractivity contribution is 0.0558. The average molecular weight is 413 g/mol. The molecule has 1 fully saturated rings. The Kier molecular flexibility index (Phi) is 9.48. The van der Waals surface area contributed by atoms with E-state index in [1.165, 1.54) is 32.1 Å². The van der Waals surface area contributed by atoms with Gasteiger partial charge in [0.05, 0.1) is 0 Å². The molecule has 0 saturated heterocycles. The highest BCUT2D eigenvalue weighted by atomic mass is 16.5. The summed E-state index contributed by atoms with van der Waals surface area (Å²) < 4.78 is 11.7. The van der Waals surface area contributed by atoms with E-state index in [4.69, 9.17) is 9.47 Å². The Morgan fingerprint density at radius 1 is 1.00 bits per heavy atom. The molecule has 1 aliphatic rings. The van der Waals surface area contributed by atoms with Gasteiger partial charge in [0.25, 0.3) is 0 Å². The third-order valence-electron chi connectivity index (χ3n) is 5.71. The van der Waals surface area contributed by atoms with Crippen molar-refractivity contribution in [2.24, 2.45) is 0 Å². The Hall–Kier alpha value is -2.08. The van der Waals surface area contributed by atoms with Crippen LogP contribution < -0.4 is 14.8 Å². The Morgan fingerprint density at radius 3 is 2.53 bits per heavy atom. The first-order valence-electron chi connectivity index (χ1n) is 11.2. The molecule has 0 bridgehead atoms. The Balaban J connectivity index is 1.37. The summed E-state index contributed by atoms with van der Waals surface area (Å²) in [4.78, 5) is 2.30. The van der Waals surface area contributed by atoms with Gasteiger partial charge in [0.15, 0.2) is 0 Å². The van der Waals surface area contributed by atoms with Crippen LogP contribution in [0.3, 0.4) is 0 Å². The number of nitrogens with one attached hydrogen (secondary N) is 1. The number of likely N-dealkylation sites (N-methyl/N-ethyl adjacent to an activating group) is 1. The monoisotopic (exact) mass is 412 g/mol. The standard InChI is InChI=1S/C25H36N2O3/c1-27(22-11-4-2-5-12-22)19-23(28)20-30-25-15-9-8-10-21(25)18-26-16-17-29-24-13-6-3-7-14-24/h3,6-10,13-15,22-23,26,28H,2,4-5,11-12,16-20H2,1H3/t23-/m1/s1. The molecule has 0 aliphatic heterocycles. The lowest BCUT2D eigenvalue weighted by Crippen LogP contribution is -2.40. The molecule has 2 aromatic carbocycles. The largest absolute Gasteiger partial charge is 0.492 e. The van der Waals surface area contributed by atoms with Gasteiger partial charge < -0.3 is 24.8 Å². The summed E-state index contributed by atoms with van der Waals surface area (Å²) in [7, 11) is 2.12. The molecule has 5 nitrogen and oxygen atoms in total. The number of benzene rings is 2. The molecule has 0 aromatic heterocycles. The first kappa shape index (κ1) is 22.6. The molecule has 5 heteroatoms. The molecule has 164 valence electrons. The lowest BCUT2D eigenvalue weighted by atomic mass is 9.94. The van der Waals surface area contributed by atoms with Gasteiger partial charge in [-0.05, 0) is 38.1 Å². The summed E-state index contributed by atoms with van der Waals surface area (Å²) in [6, 6.07) is 18.4. The third-order valence-corrected chi connectivity index (χ3v) is 5.71. The minimum atomic E-state index is -0.489. The summed E-state index contributed by atoms with van der Waals surface area (Å²) in [6.45, 7) is 3.02. The predicted molar refractivity (Wildman–Crippen MR) is 121 cm³/mol. The predicted octanol–water partition coefficient (Wildman–Crippen LogP) is 3.86. The molecule has 0 heterocycles. The van der Waals surface area contributed by atoms with Gasteiger partial charge in [-0.15, -0.1) is 0 Å². The van der Waals surface area contributed by atoms with E-state index in [1.54, 1.807) is 0 Å². The lowest BCUT2D eigenvalue weighted by Gasteiger charge is -2.32. The van der Waals surface area contributed by atoms with Gasteiger partial charge in [-0.25, -0.2) is 0 Å². The van der Waals surface area contributed by atoms with E-state index in [0.717, 1.165) is 23.6 Å². The highest BCUT2D eigenvalue weighted by Gasteiger charge is 2.20. The van der Waals surface area contributed by atoms with Crippen molar-refractivity contribution in [3.63, 3.8) is 0 Å². The summed E-state index contributed by atoms with van der Waals surface area (Å²) in [5.41, 5.74) is 1.09. The van der Waals surface area contributed by atoms with Crippen molar-refractivity contribution in [2.75, 3.05) is 33.4 Å². The number of rotatable bonds is 12. The number of ether oxygens (including phenoxy) is 2. The second-order valence-corrected chi connectivity index (χ2v) is 8.14. The van der Waals surface area contributed by atoms with Crippen molar-refractivity contribution in [3.8, 4) is 11.5 Å². The van der Waals surface area contributed by atoms with Crippen LogP contribution in [0.5, 0.6) is 11.5 Å². The van der Waals surface area contributed by atoms with Crippen LogP contribution in [-0.2, 0) is 6.54 Å². The minimum absolute atomic E-state index is 0.311. The molecule has 0 amide bonds. The van der Waals surface area contributed by atoms with Crippen molar-refractivity contribution in [1.82, 2.24) is 10.2 Å². The number of hydrogen-bond donors (Lipinski definition) is 2. The molecule has 2 aromatic rings. The van der Waals surface area contributed by atoms with Gasteiger partial charge >= 0.3 is 0 Å². The van der Waals surface area contributed by atoms with Crippen LogP contribution in [0.25, 0.3) is 0 Å². The van der Waals surface area contributed by atoms with E-state index in [9.17, 15) is 5.11 Å². The van der Waals surface area contributed by atoms with Crippen molar-refractivity contribution >= 4 is 0 Å².